The van der Waals surface area contributed by atoms with Crippen molar-refractivity contribution in [3.63, 3.8) is 0 Å². The minimum atomic E-state index is -0.129. The summed E-state index contributed by atoms with van der Waals surface area (Å²) in [6.45, 7) is 7.52. The number of Topliss-reactive ketones (excluding diaryl/α,β-unsaturated/α-hetero) is 1. The van der Waals surface area contributed by atoms with Crippen LogP contribution in [-0.2, 0) is 19.1 Å². The first-order chi connectivity index (χ1) is 14.8. The van der Waals surface area contributed by atoms with Gasteiger partial charge in [0.1, 0.15) is 5.78 Å². The van der Waals surface area contributed by atoms with E-state index in [1.54, 1.807) is 5.57 Å². The molecule has 0 spiro atoms. The van der Waals surface area contributed by atoms with E-state index in [0.29, 0.717) is 29.6 Å². The summed E-state index contributed by atoms with van der Waals surface area (Å²) in [6.07, 6.45) is 14.7. The molecule has 0 aromatic rings. The van der Waals surface area contributed by atoms with Crippen LogP contribution in [0.1, 0.15) is 91.4 Å². The minimum Gasteiger partial charge on any atom is -0.469 e. The monoisotopic (exact) mass is 430 g/mol. The Hall–Kier alpha value is -1.16. The van der Waals surface area contributed by atoms with Gasteiger partial charge in [-0.25, -0.2) is 0 Å². The summed E-state index contributed by atoms with van der Waals surface area (Å²) < 4.78 is 10.9. The van der Waals surface area contributed by atoms with E-state index in [0.717, 1.165) is 56.5 Å². The van der Waals surface area contributed by atoms with Crippen LogP contribution in [0.4, 0.5) is 0 Å². The Bertz CT molecular complexity index is 727. The Labute approximate surface area is 188 Å². The summed E-state index contributed by atoms with van der Waals surface area (Å²) in [4.78, 5) is 23.6. The maximum Gasteiger partial charge on any atom is 0.305 e. The molecule has 4 heteroatoms. The van der Waals surface area contributed by atoms with Crippen LogP contribution in [0.3, 0.4) is 0 Å². The molecular weight excluding hydrogens is 388 g/mol. The second kappa shape index (κ2) is 9.00. The number of ether oxygens (including phenoxy) is 2. The minimum absolute atomic E-state index is 0.129. The van der Waals surface area contributed by atoms with Crippen LogP contribution in [0.15, 0.2) is 11.6 Å². The van der Waals surface area contributed by atoms with Gasteiger partial charge in [0.05, 0.1) is 13.2 Å². The molecule has 0 bridgehead atoms. The van der Waals surface area contributed by atoms with E-state index in [4.69, 9.17) is 9.47 Å². The van der Waals surface area contributed by atoms with Gasteiger partial charge in [-0.15, -0.1) is 0 Å². The van der Waals surface area contributed by atoms with E-state index >= 15 is 0 Å². The van der Waals surface area contributed by atoms with Crippen molar-refractivity contribution < 1.29 is 19.1 Å². The van der Waals surface area contributed by atoms with Crippen molar-refractivity contribution in [2.24, 2.45) is 34.5 Å². The van der Waals surface area contributed by atoms with E-state index in [1.807, 2.05) is 6.92 Å². The number of carbonyl (C=O) groups is 2. The Kier molecular flexibility index (Phi) is 6.68. The highest BCUT2D eigenvalue weighted by molar-refractivity contribution is 5.79. The number of unbranched alkanes of at least 4 members (excludes halogenated alkanes) is 1. The van der Waals surface area contributed by atoms with Gasteiger partial charge in [0, 0.05) is 18.9 Å². The fourth-order valence-electron chi connectivity index (χ4n) is 8.16. The fourth-order valence-corrected chi connectivity index (χ4v) is 8.16. The predicted molar refractivity (Wildman–Crippen MR) is 121 cm³/mol. The molecule has 174 valence electrons. The number of fused-ring (bicyclic) bond motifs is 5. The van der Waals surface area contributed by atoms with Gasteiger partial charge in [0.25, 0.3) is 0 Å². The summed E-state index contributed by atoms with van der Waals surface area (Å²) in [7, 11) is 1.45. The number of carbonyl (C=O) groups excluding carboxylic acids is 2. The molecule has 0 aromatic carbocycles. The van der Waals surface area contributed by atoms with Gasteiger partial charge < -0.3 is 9.47 Å². The number of esters is 1. The van der Waals surface area contributed by atoms with Gasteiger partial charge >= 0.3 is 5.97 Å². The highest BCUT2D eigenvalue weighted by Gasteiger charge is 2.59. The van der Waals surface area contributed by atoms with Gasteiger partial charge in [-0.2, -0.15) is 0 Å². The maximum atomic E-state index is 12.3. The van der Waals surface area contributed by atoms with Crippen LogP contribution in [0.25, 0.3) is 0 Å². The van der Waals surface area contributed by atoms with E-state index in [2.05, 4.69) is 19.9 Å². The number of hydrogen-bond donors (Lipinski definition) is 0. The molecule has 0 amide bonds. The van der Waals surface area contributed by atoms with Gasteiger partial charge in [-0.05, 0) is 99.7 Å². The first-order valence-electron chi connectivity index (χ1n) is 12.7. The Balaban J connectivity index is 1.36. The molecule has 3 fully saturated rings. The van der Waals surface area contributed by atoms with Crippen molar-refractivity contribution in [3.8, 4) is 0 Å². The van der Waals surface area contributed by atoms with Crippen LogP contribution < -0.4 is 0 Å². The van der Waals surface area contributed by atoms with E-state index in [-0.39, 0.29) is 11.4 Å². The van der Waals surface area contributed by atoms with Crippen LogP contribution in [0, 0.1) is 34.5 Å². The summed E-state index contributed by atoms with van der Waals surface area (Å²) >= 11 is 0. The maximum absolute atomic E-state index is 12.3. The molecule has 0 aliphatic heterocycles. The lowest BCUT2D eigenvalue weighted by atomic mass is 9.47. The van der Waals surface area contributed by atoms with Crippen LogP contribution in [-0.4, -0.2) is 31.6 Å². The van der Waals surface area contributed by atoms with Gasteiger partial charge in [-0.1, -0.05) is 25.5 Å². The third-order valence-electron chi connectivity index (χ3n) is 9.91. The zero-order chi connectivity index (χ0) is 22.2. The van der Waals surface area contributed by atoms with Gasteiger partial charge in [0.15, 0.2) is 0 Å². The molecule has 4 aliphatic rings. The van der Waals surface area contributed by atoms with Crippen molar-refractivity contribution in [2.75, 3.05) is 13.7 Å². The Morgan fingerprint density at radius 2 is 1.87 bits per heavy atom. The molecule has 0 aromatic heterocycles. The Morgan fingerprint density at radius 1 is 1.06 bits per heavy atom. The third kappa shape index (κ3) is 4.14. The summed E-state index contributed by atoms with van der Waals surface area (Å²) in [5, 5.41) is 0. The highest BCUT2D eigenvalue weighted by atomic mass is 16.5. The normalized spacial score (nSPS) is 41.5. The summed E-state index contributed by atoms with van der Waals surface area (Å²) in [5.74, 6) is 2.84. The lowest BCUT2D eigenvalue weighted by molar-refractivity contribution is -0.140. The summed E-state index contributed by atoms with van der Waals surface area (Å²) in [6, 6.07) is 0. The highest BCUT2D eigenvalue weighted by Crippen LogP contribution is 2.66. The zero-order valence-corrected chi connectivity index (χ0v) is 20.1. The van der Waals surface area contributed by atoms with E-state index in [9.17, 15) is 9.59 Å². The molecule has 31 heavy (non-hydrogen) atoms. The quantitative estimate of drug-likeness (QED) is 0.287. The standard InChI is InChI=1S/C27H42O4/c1-18(28)22-10-11-23-21-9-8-19-17-20(31-16-6-5-7-25(29)30-4)12-14-26(19,2)24(21)13-15-27(22,23)3/h8,20-24H,5-7,9-17H2,1-4H3/t20-,21-,22+,23-,24-,26-,27+/m0/s1. The Morgan fingerprint density at radius 3 is 2.61 bits per heavy atom. The first kappa shape index (κ1) is 23.0. The molecule has 0 heterocycles. The van der Waals surface area contributed by atoms with Crippen molar-refractivity contribution in [2.45, 2.75) is 97.5 Å². The van der Waals surface area contributed by atoms with Gasteiger partial charge in [0.2, 0.25) is 0 Å². The molecule has 0 saturated heterocycles. The number of ketones is 1. The second-order valence-electron chi connectivity index (χ2n) is 11.3. The topological polar surface area (TPSA) is 52.6 Å². The lowest BCUT2D eigenvalue weighted by Crippen LogP contribution is -2.51. The third-order valence-corrected chi connectivity index (χ3v) is 9.91. The van der Waals surface area contributed by atoms with E-state index in [1.165, 1.54) is 39.2 Å². The molecular formula is C27H42O4. The average Bonchev–Trinajstić information content (AvgIpc) is 3.10. The number of methoxy groups -OCH3 is 1. The van der Waals surface area contributed by atoms with Crippen LogP contribution in [0.2, 0.25) is 0 Å². The fraction of sp³-hybridized carbons (Fsp3) is 0.852. The average molecular weight is 431 g/mol. The lowest BCUT2D eigenvalue weighted by Gasteiger charge is -2.58. The van der Waals surface area contributed by atoms with Crippen LogP contribution in [0.5, 0.6) is 0 Å². The largest absolute Gasteiger partial charge is 0.469 e. The predicted octanol–water partition coefficient (Wildman–Crippen LogP) is 5.88. The van der Waals surface area contributed by atoms with Crippen molar-refractivity contribution in [3.05, 3.63) is 11.6 Å². The van der Waals surface area contributed by atoms with Crippen molar-refractivity contribution >= 4 is 11.8 Å². The van der Waals surface area contributed by atoms with Crippen molar-refractivity contribution in [1.29, 1.82) is 0 Å². The SMILES string of the molecule is COC(=O)CCCCO[C@H]1CC[C@@]2(C)C(=CC[C@H]3[C@@H]4CC[C@H](C(C)=O)[C@@]4(C)CC[C@@H]32)C1. The van der Waals surface area contributed by atoms with Crippen LogP contribution >= 0.6 is 0 Å². The molecule has 4 rings (SSSR count). The zero-order valence-electron chi connectivity index (χ0n) is 20.1. The molecule has 0 N–H and O–H groups in total. The molecule has 7 atom stereocenters. The molecule has 4 aliphatic carbocycles. The number of hydrogen-bond acceptors (Lipinski definition) is 4. The van der Waals surface area contributed by atoms with Gasteiger partial charge in [-0.3, -0.25) is 9.59 Å². The first-order valence-corrected chi connectivity index (χ1v) is 12.7. The summed E-state index contributed by atoms with van der Waals surface area (Å²) in [5.41, 5.74) is 2.20. The molecule has 0 unspecified atom stereocenters. The second-order valence-corrected chi connectivity index (χ2v) is 11.3. The molecule has 0 radical (unpaired) electrons. The van der Waals surface area contributed by atoms with Crippen molar-refractivity contribution in [1.82, 2.24) is 0 Å². The number of allylic oxidation sites excluding steroid dienone is 1. The molecule has 4 nitrogen and oxygen atoms in total. The smallest absolute Gasteiger partial charge is 0.305 e. The number of rotatable bonds is 7. The van der Waals surface area contributed by atoms with E-state index < -0.39 is 0 Å². The molecule has 3 saturated carbocycles.